The van der Waals surface area contributed by atoms with Crippen molar-refractivity contribution in [1.82, 2.24) is 20.1 Å². The number of carbonyl (C=O) groups excluding carboxylic acids is 2. The molecule has 3 aromatic carbocycles. The maximum Gasteiger partial charge on any atom is 0.318 e. The third-order valence-corrected chi connectivity index (χ3v) is 9.04. The Hall–Kier alpha value is -3.75. The van der Waals surface area contributed by atoms with Crippen molar-refractivity contribution >= 4 is 40.3 Å². The van der Waals surface area contributed by atoms with Crippen LogP contribution in [0.25, 0.3) is 10.9 Å². The first-order valence-electron chi connectivity index (χ1n) is 14.6. The molecular weight excluding hydrogens is 542 g/mol. The number of amides is 3. The van der Waals surface area contributed by atoms with Crippen LogP contribution < -0.4 is 10.6 Å². The summed E-state index contributed by atoms with van der Waals surface area (Å²) in [6, 6.07) is 23.8. The van der Waals surface area contributed by atoms with Crippen molar-refractivity contribution in [2.75, 3.05) is 38.8 Å². The topological polar surface area (TPSA) is 80.5 Å². The second-order valence-electron chi connectivity index (χ2n) is 11.4. The van der Waals surface area contributed by atoms with E-state index in [0.717, 1.165) is 52.0 Å². The van der Waals surface area contributed by atoms with E-state index in [2.05, 4.69) is 56.9 Å². The van der Waals surface area contributed by atoms with Gasteiger partial charge in [-0.05, 0) is 74.0 Å². The minimum atomic E-state index is -0.768. The highest BCUT2D eigenvalue weighted by Crippen LogP contribution is 2.32. The molecule has 1 aliphatic heterocycles. The van der Waals surface area contributed by atoms with Crippen molar-refractivity contribution in [3.8, 4) is 0 Å². The Kier molecular flexibility index (Phi) is 9.55. The van der Waals surface area contributed by atoms with Crippen molar-refractivity contribution in [3.63, 3.8) is 0 Å². The summed E-state index contributed by atoms with van der Waals surface area (Å²) in [7, 11) is 4.05. The molecular formula is C34H41N5O2S. The number of H-pyrrole nitrogens is 1. The fourth-order valence-corrected chi connectivity index (χ4v) is 6.49. The van der Waals surface area contributed by atoms with E-state index < -0.39 is 6.04 Å². The highest BCUT2D eigenvalue weighted by molar-refractivity contribution is 7.98. The molecule has 3 amide bonds. The Balaban J connectivity index is 1.37. The Labute approximate surface area is 253 Å². The molecule has 3 N–H and O–H groups in total. The average molecular weight is 584 g/mol. The summed E-state index contributed by atoms with van der Waals surface area (Å²) in [6.07, 6.45) is 5.77. The summed E-state index contributed by atoms with van der Waals surface area (Å²) in [5.41, 5.74) is 5.21. The lowest BCUT2D eigenvalue weighted by Gasteiger charge is -2.34. The van der Waals surface area contributed by atoms with Gasteiger partial charge in [-0.15, -0.1) is 11.8 Å². The van der Waals surface area contributed by atoms with Gasteiger partial charge in [0, 0.05) is 47.5 Å². The second kappa shape index (κ2) is 13.5. The first-order valence-corrected chi connectivity index (χ1v) is 15.9. The molecule has 2 heterocycles. The van der Waals surface area contributed by atoms with E-state index in [-0.39, 0.29) is 17.9 Å². The summed E-state index contributed by atoms with van der Waals surface area (Å²) < 4.78 is 0. The van der Waals surface area contributed by atoms with Crippen molar-refractivity contribution in [1.29, 1.82) is 0 Å². The van der Waals surface area contributed by atoms with Gasteiger partial charge in [-0.25, -0.2) is 4.79 Å². The van der Waals surface area contributed by atoms with Crippen LogP contribution in [0.1, 0.15) is 48.3 Å². The lowest BCUT2D eigenvalue weighted by atomic mass is 9.89. The zero-order chi connectivity index (χ0) is 29.6. The van der Waals surface area contributed by atoms with Crippen LogP contribution in [-0.4, -0.2) is 66.2 Å². The molecule has 0 radical (unpaired) electrons. The Morgan fingerprint density at radius 2 is 1.74 bits per heavy atom. The van der Waals surface area contributed by atoms with E-state index in [0.29, 0.717) is 19.0 Å². The van der Waals surface area contributed by atoms with Gasteiger partial charge in [0.25, 0.3) is 0 Å². The molecule has 0 aliphatic carbocycles. The number of hydrogen-bond acceptors (Lipinski definition) is 4. The normalized spacial score (nSPS) is 15.5. The number of anilines is 1. The van der Waals surface area contributed by atoms with Crippen LogP contribution in [0, 0.1) is 0 Å². The van der Waals surface area contributed by atoms with Gasteiger partial charge in [0.1, 0.15) is 6.04 Å². The quantitative estimate of drug-likeness (QED) is 0.193. The van der Waals surface area contributed by atoms with E-state index >= 15 is 0 Å². The summed E-state index contributed by atoms with van der Waals surface area (Å²) in [4.78, 5) is 36.0. The highest BCUT2D eigenvalue weighted by Gasteiger charge is 2.33. The summed E-state index contributed by atoms with van der Waals surface area (Å²) >= 11 is 1.59. The van der Waals surface area contributed by atoms with Crippen LogP contribution >= 0.6 is 11.8 Å². The monoisotopic (exact) mass is 583 g/mol. The smallest absolute Gasteiger partial charge is 0.318 e. The molecule has 2 atom stereocenters. The van der Waals surface area contributed by atoms with Crippen LogP contribution in [0.2, 0.25) is 0 Å². The number of nitrogens with zero attached hydrogens (tertiary/aromatic N) is 2. The Bertz CT molecular complexity index is 1510. The first kappa shape index (κ1) is 29.7. The number of urea groups is 1. The van der Waals surface area contributed by atoms with Gasteiger partial charge in [-0.2, -0.15) is 0 Å². The number of piperidine rings is 1. The number of para-hydroxylation sites is 1. The molecule has 0 bridgehead atoms. The molecule has 4 aromatic rings. The van der Waals surface area contributed by atoms with E-state index in [1.54, 1.807) is 11.8 Å². The van der Waals surface area contributed by atoms with Gasteiger partial charge in [-0.1, -0.05) is 61.5 Å². The van der Waals surface area contributed by atoms with Gasteiger partial charge in [0.15, 0.2) is 0 Å². The molecule has 0 saturated carbocycles. The van der Waals surface area contributed by atoms with Crippen LogP contribution in [0.3, 0.4) is 0 Å². The third-order valence-electron chi connectivity index (χ3n) is 8.25. The maximum atomic E-state index is 14.1. The van der Waals surface area contributed by atoms with Crippen molar-refractivity contribution in [2.24, 2.45) is 0 Å². The van der Waals surface area contributed by atoms with Crippen molar-refractivity contribution < 1.29 is 9.59 Å². The lowest BCUT2D eigenvalue weighted by molar-refractivity contribution is -0.118. The SMILES string of the molecule is CSc1ccc(CN(C)C)cc1NC(=O)[C@H](NC(=O)N1CCC(c2ccccc2)CC1)[C@H](C)c1c[nH]c2ccccc12. The second-order valence-corrected chi connectivity index (χ2v) is 12.3. The Morgan fingerprint density at radius 3 is 2.45 bits per heavy atom. The lowest BCUT2D eigenvalue weighted by Crippen LogP contribution is -2.53. The Morgan fingerprint density at radius 1 is 1.02 bits per heavy atom. The van der Waals surface area contributed by atoms with Gasteiger partial charge < -0.3 is 25.4 Å². The van der Waals surface area contributed by atoms with Gasteiger partial charge in [-0.3, -0.25) is 4.79 Å². The molecule has 42 heavy (non-hydrogen) atoms. The number of benzene rings is 3. The number of rotatable bonds is 9. The largest absolute Gasteiger partial charge is 0.361 e. The van der Waals surface area contributed by atoms with Gasteiger partial charge >= 0.3 is 6.03 Å². The number of thioether (sulfide) groups is 1. The molecule has 1 aromatic heterocycles. The predicted molar refractivity (Wildman–Crippen MR) is 173 cm³/mol. The van der Waals surface area contributed by atoms with Crippen LogP contribution in [-0.2, 0) is 11.3 Å². The molecule has 1 fully saturated rings. The molecule has 8 heteroatoms. The van der Waals surface area contributed by atoms with E-state index in [4.69, 9.17) is 0 Å². The minimum Gasteiger partial charge on any atom is -0.361 e. The average Bonchev–Trinajstić information content (AvgIpc) is 3.44. The number of likely N-dealkylation sites (tertiary alicyclic amines) is 1. The minimum absolute atomic E-state index is 0.195. The van der Waals surface area contributed by atoms with E-state index in [1.165, 1.54) is 5.56 Å². The number of carbonyl (C=O) groups is 2. The zero-order valence-corrected chi connectivity index (χ0v) is 25.7. The van der Waals surface area contributed by atoms with Crippen LogP contribution in [0.15, 0.2) is 83.9 Å². The predicted octanol–water partition coefficient (Wildman–Crippen LogP) is 6.65. The van der Waals surface area contributed by atoms with Crippen molar-refractivity contribution in [3.05, 3.63) is 95.7 Å². The zero-order valence-electron chi connectivity index (χ0n) is 24.9. The molecule has 7 nitrogen and oxygen atoms in total. The fourth-order valence-electron chi connectivity index (χ4n) is 5.96. The number of fused-ring (bicyclic) bond motifs is 1. The number of aromatic nitrogens is 1. The number of nitrogens with one attached hydrogen (secondary N) is 3. The van der Waals surface area contributed by atoms with Gasteiger partial charge in [0.05, 0.1) is 5.69 Å². The standard InChI is InChI=1S/C34H41N5O2S/c1-23(28-21-35-29-13-9-8-12-27(28)29)32(33(40)36-30-20-24(22-38(2)3)14-15-31(30)42-4)37-34(41)39-18-16-26(17-19-39)25-10-6-5-7-11-25/h5-15,20-21,23,26,32,35H,16-19,22H2,1-4H3,(H,36,40)(H,37,41)/t23-,32-/m1/s1. The molecule has 1 aliphatic rings. The van der Waals surface area contributed by atoms with Gasteiger partial charge in [0.2, 0.25) is 5.91 Å². The highest BCUT2D eigenvalue weighted by atomic mass is 32.2. The molecule has 0 spiro atoms. The molecule has 220 valence electrons. The first-order chi connectivity index (χ1) is 20.3. The van der Waals surface area contributed by atoms with E-state index in [9.17, 15) is 9.59 Å². The molecule has 5 rings (SSSR count). The molecule has 1 saturated heterocycles. The fraction of sp³-hybridized carbons (Fsp3) is 0.353. The number of hydrogen-bond donors (Lipinski definition) is 3. The molecule has 0 unspecified atom stereocenters. The summed E-state index contributed by atoms with van der Waals surface area (Å²) in [5, 5.41) is 7.38. The summed E-state index contributed by atoms with van der Waals surface area (Å²) in [5.74, 6) is -0.0499. The van der Waals surface area contributed by atoms with Crippen LogP contribution in [0.5, 0.6) is 0 Å². The van der Waals surface area contributed by atoms with E-state index in [1.807, 2.05) is 74.8 Å². The summed E-state index contributed by atoms with van der Waals surface area (Å²) in [6.45, 7) is 4.09. The van der Waals surface area contributed by atoms with Crippen LogP contribution in [0.4, 0.5) is 10.5 Å². The third kappa shape index (κ3) is 6.82. The van der Waals surface area contributed by atoms with Crippen molar-refractivity contribution in [2.45, 2.75) is 49.1 Å². The number of aromatic amines is 1. The maximum absolute atomic E-state index is 14.1.